The molecule has 2 aliphatic heterocycles. The maximum atomic E-state index is 13.0. The third-order valence-electron chi connectivity index (χ3n) is 5.82. The molecule has 2 heterocycles. The first kappa shape index (κ1) is 28.2. The summed E-state index contributed by atoms with van der Waals surface area (Å²) in [5.41, 5.74) is 2.79. The van der Waals surface area contributed by atoms with Gasteiger partial charge in [-0.05, 0) is 41.0 Å². The van der Waals surface area contributed by atoms with Gasteiger partial charge in [-0.15, -0.1) is 11.8 Å². The van der Waals surface area contributed by atoms with E-state index in [1.807, 2.05) is 53.7 Å². The van der Waals surface area contributed by atoms with Crippen LogP contribution in [0.25, 0.3) is 0 Å². The highest BCUT2D eigenvalue weighted by molar-refractivity contribution is 8.00. The number of benzene rings is 1. The number of carbonyl (C=O) groups is 2. The Morgan fingerprint density at radius 2 is 1.71 bits per heavy atom. The van der Waals surface area contributed by atoms with E-state index in [-0.39, 0.29) is 33.6 Å². The zero-order valence-corrected chi connectivity index (χ0v) is 24.0. The molecule has 1 amide bonds. The Balaban J connectivity index is 1.86. The van der Waals surface area contributed by atoms with E-state index in [0.717, 1.165) is 22.3 Å². The predicted octanol–water partition coefficient (Wildman–Crippen LogP) is 5.88. The Labute approximate surface area is 226 Å². The van der Waals surface area contributed by atoms with Gasteiger partial charge in [-0.3, -0.25) is 14.7 Å². The molecule has 10 heteroatoms. The summed E-state index contributed by atoms with van der Waals surface area (Å²) in [7, 11) is 0. The largest absolute Gasteiger partial charge is 0.507 e. The lowest BCUT2D eigenvalue weighted by Crippen LogP contribution is -2.64. The van der Waals surface area contributed by atoms with E-state index in [1.165, 1.54) is 16.7 Å². The number of aliphatic imine (C=N–C) groups is 1. The average Bonchev–Trinajstić information content (AvgIpc) is 2.70. The Bertz CT molecular complexity index is 1060. The number of rotatable bonds is 4. The molecule has 1 aromatic carbocycles. The van der Waals surface area contributed by atoms with Crippen LogP contribution in [0.2, 0.25) is 0 Å². The number of halogens is 3. The molecule has 35 heavy (non-hydrogen) atoms. The van der Waals surface area contributed by atoms with Crippen molar-refractivity contribution in [3.63, 3.8) is 0 Å². The fourth-order valence-corrected chi connectivity index (χ4v) is 5.45. The van der Waals surface area contributed by atoms with Gasteiger partial charge in [0.25, 0.3) is 5.91 Å². The van der Waals surface area contributed by atoms with Gasteiger partial charge in [-0.1, -0.05) is 76.3 Å². The fraction of sp³-hybridized carbons (Fsp3) is 0.560. The molecule has 1 unspecified atom stereocenters. The summed E-state index contributed by atoms with van der Waals surface area (Å²) < 4.78 is 3.39. The third-order valence-corrected chi connectivity index (χ3v) is 7.56. The molecule has 0 spiro atoms. The van der Waals surface area contributed by atoms with Crippen LogP contribution < -0.4 is 0 Å². The molecule has 3 rings (SSSR count). The van der Waals surface area contributed by atoms with E-state index in [9.17, 15) is 14.7 Å². The lowest BCUT2D eigenvalue weighted by atomic mass is 9.78. The Hall–Kier alpha value is -1.41. The van der Waals surface area contributed by atoms with Crippen molar-refractivity contribution in [2.24, 2.45) is 4.99 Å². The molecule has 0 saturated carbocycles. The zero-order valence-electron chi connectivity index (χ0n) is 20.9. The molecule has 1 N–H and O–H groups in total. The number of amides is 1. The topological polar surface area (TPSA) is 79.2 Å². The van der Waals surface area contributed by atoms with Crippen LogP contribution in [-0.4, -0.2) is 55.7 Å². The number of ether oxygens (including phenoxy) is 1. The van der Waals surface area contributed by atoms with Crippen molar-refractivity contribution < 1.29 is 19.4 Å². The first-order chi connectivity index (χ1) is 15.9. The van der Waals surface area contributed by atoms with E-state index in [4.69, 9.17) is 39.5 Å². The second-order valence-corrected chi connectivity index (χ2v) is 14.5. The van der Waals surface area contributed by atoms with Crippen LogP contribution in [-0.2, 0) is 25.2 Å². The van der Waals surface area contributed by atoms with Gasteiger partial charge in [0.1, 0.15) is 23.4 Å². The normalized spacial score (nSPS) is 21.3. The molecule has 0 aromatic heterocycles. The summed E-state index contributed by atoms with van der Waals surface area (Å²) in [6, 6.07) is 3.19. The number of hydrogen-bond donors (Lipinski definition) is 1. The summed E-state index contributed by atoms with van der Waals surface area (Å²) >= 11 is 18.6. The molecule has 2 atom stereocenters. The summed E-state index contributed by atoms with van der Waals surface area (Å²) in [4.78, 5) is 31.7. The second-order valence-electron chi connectivity index (χ2n) is 10.9. The SMILES string of the molecule is CC1=C(C(=O)OCC(Cl)(Cl)Cl)N2C(=O)C(N=Cc3cc(C(C)(C)C)c(O)c(C(C)(C)C)c3)[C@H]2SC1. The van der Waals surface area contributed by atoms with Crippen LogP contribution >= 0.6 is 46.6 Å². The van der Waals surface area contributed by atoms with Crippen molar-refractivity contribution in [1.82, 2.24) is 4.90 Å². The number of thioether (sulfide) groups is 1. The number of nitrogens with zero attached hydrogens (tertiary/aromatic N) is 2. The monoisotopic (exact) mass is 560 g/mol. The molecule has 6 nitrogen and oxygen atoms in total. The molecular weight excluding hydrogens is 531 g/mol. The fourth-order valence-electron chi connectivity index (χ4n) is 4.00. The summed E-state index contributed by atoms with van der Waals surface area (Å²) in [6.07, 6.45) is 1.68. The van der Waals surface area contributed by atoms with Gasteiger partial charge in [-0.2, -0.15) is 0 Å². The molecule has 1 aromatic rings. The Morgan fingerprint density at radius 1 is 1.17 bits per heavy atom. The van der Waals surface area contributed by atoms with E-state index < -0.39 is 22.4 Å². The summed E-state index contributed by atoms with van der Waals surface area (Å²) in [5.74, 6) is -0.141. The molecule has 1 fully saturated rings. The number of hydrogen-bond acceptors (Lipinski definition) is 6. The van der Waals surface area contributed by atoms with Crippen LogP contribution in [0.1, 0.15) is 65.2 Å². The van der Waals surface area contributed by atoms with Crippen LogP contribution in [0, 0.1) is 0 Å². The van der Waals surface area contributed by atoms with Crippen LogP contribution in [0.3, 0.4) is 0 Å². The maximum Gasteiger partial charge on any atom is 0.355 e. The van der Waals surface area contributed by atoms with Gasteiger partial charge < -0.3 is 9.84 Å². The average molecular weight is 562 g/mol. The minimum Gasteiger partial charge on any atom is -0.507 e. The van der Waals surface area contributed by atoms with E-state index in [1.54, 1.807) is 13.1 Å². The highest BCUT2D eigenvalue weighted by Crippen LogP contribution is 2.43. The van der Waals surface area contributed by atoms with Crippen LogP contribution in [0.15, 0.2) is 28.4 Å². The smallest absolute Gasteiger partial charge is 0.355 e. The highest BCUT2D eigenvalue weighted by atomic mass is 35.6. The Kier molecular flexibility index (Phi) is 7.89. The van der Waals surface area contributed by atoms with Crippen molar-refractivity contribution in [3.05, 3.63) is 40.1 Å². The number of esters is 1. The first-order valence-corrected chi connectivity index (χ1v) is 13.4. The van der Waals surface area contributed by atoms with Gasteiger partial charge >= 0.3 is 5.97 Å². The summed E-state index contributed by atoms with van der Waals surface area (Å²) in [5, 5.41) is 10.6. The molecule has 0 radical (unpaired) electrons. The minimum atomic E-state index is -1.74. The van der Waals surface area contributed by atoms with Crippen LogP contribution in [0.4, 0.5) is 0 Å². The Morgan fingerprint density at radius 3 is 2.20 bits per heavy atom. The molecule has 1 saturated heterocycles. The van der Waals surface area contributed by atoms with Crippen molar-refractivity contribution in [1.29, 1.82) is 0 Å². The zero-order chi connectivity index (χ0) is 26.5. The number of phenols is 1. The van der Waals surface area contributed by atoms with Crippen LogP contribution in [0.5, 0.6) is 5.75 Å². The van der Waals surface area contributed by atoms with Gasteiger partial charge in [0.05, 0.1) is 0 Å². The second kappa shape index (κ2) is 9.81. The summed E-state index contributed by atoms with van der Waals surface area (Å²) in [6.45, 7) is 13.6. The molecule has 0 bridgehead atoms. The standard InChI is InChI=1S/C25H31Cl3N2O4S/c1-13-11-35-21-17(20(32)30(21)18(13)22(33)34-12-25(26,27)28)29-10-14-8-15(23(2,3)4)19(31)16(9-14)24(5,6)7/h8-10,17,21,31H,11-12H2,1-7H3/t17?,21-/m1/s1. The van der Waals surface area contributed by atoms with Gasteiger partial charge in [0, 0.05) is 23.1 Å². The quantitative estimate of drug-likeness (QED) is 0.215. The number of aromatic hydroxyl groups is 1. The minimum absolute atomic E-state index is 0.189. The highest BCUT2D eigenvalue weighted by Gasteiger charge is 2.53. The van der Waals surface area contributed by atoms with Crippen molar-refractivity contribution in [3.8, 4) is 5.75 Å². The van der Waals surface area contributed by atoms with Crippen molar-refractivity contribution >= 4 is 64.7 Å². The number of fused-ring (bicyclic) bond motifs is 1. The van der Waals surface area contributed by atoms with Gasteiger partial charge in [0.2, 0.25) is 3.79 Å². The van der Waals surface area contributed by atoms with Gasteiger partial charge in [-0.25, -0.2) is 4.79 Å². The molecule has 0 aliphatic carbocycles. The lowest BCUT2D eigenvalue weighted by molar-refractivity contribution is -0.150. The lowest BCUT2D eigenvalue weighted by Gasteiger charge is -2.47. The number of β-lactam (4-membered cyclic amide) rings is 1. The molecule has 192 valence electrons. The van der Waals surface area contributed by atoms with E-state index >= 15 is 0 Å². The first-order valence-electron chi connectivity index (χ1n) is 11.2. The molecular formula is C25H31Cl3N2O4S. The number of carbonyl (C=O) groups excluding carboxylic acids is 2. The number of alkyl halides is 3. The van der Waals surface area contributed by atoms with Gasteiger partial charge in [0.15, 0.2) is 6.04 Å². The maximum absolute atomic E-state index is 13.0. The molecule has 2 aliphatic rings. The number of phenolic OH excluding ortho intramolecular Hbond substituents is 1. The third kappa shape index (κ3) is 6.12. The van der Waals surface area contributed by atoms with E-state index in [0.29, 0.717) is 5.75 Å². The van der Waals surface area contributed by atoms with Crippen molar-refractivity contribution in [2.45, 2.75) is 74.5 Å². The van der Waals surface area contributed by atoms with Crippen molar-refractivity contribution in [2.75, 3.05) is 12.4 Å². The predicted molar refractivity (Wildman–Crippen MR) is 144 cm³/mol. The van der Waals surface area contributed by atoms with E-state index in [2.05, 4.69) is 4.99 Å².